The third-order valence-electron chi connectivity index (χ3n) is 3.28. The number of allylic oxidation sites excluding steroid dienone is 1. The first kappa shape index (κ1) is 15.6. The van der Waals surface area contributed by atoms with Gasteiger partial charge in [-0.3, -0.25) is 4.98 Å². The van der Waals surface area contributed by atoms with Gasteiger partial charge in [-0.05, 0) is 18.2 Å². The van der Waals surface area contributed by atoms with Gasteiger partial charge < -0.3 is 5.41 Å². The number of fused-ring (bicyclic) bond motifs is 1. The van der Waals surface area contributed by atoms with E-state index in [4.69, 9.17) is 5.41 Å². The van der Waals surface area contributed by atoms with Crippen LogP contribution in [0, 0.1) is 5.41 Å². The fourth-order valence-electron chi connectivity index (χ4n) is 2.14. The van der Waals surface area contributed by atoms with Crippen molar-refractivity contribution in [3.8, 4) is 0 Å². The number of rotatable bonds is 4. The summed E-state index contributed by atoms with van der Waals surface area (Å²) in [5, 5.41) is 16.4. The largest absolute Gasteiger partial charge is 0.365 e. The van der Waals surface area contributed by atoms with Crippen molar-refractivity contribution in [1.29, 1.82) is 5.41 Å². The van der Waals surface area contributed by atoms with Gasteiger partial charge >= 0.3 is 11.8 Å². The average Bonchev–Trinajstić information content (AvgIpc) is 3.02. The zero-order valence-corrected chi connectivity index (χ0v) is 13.0. The fraction of sp³-hybridized carbons (Fsp3) is 0.0667. The molecule has 23 heavy (non-hydrogen) atoms. The van der Waals surface area contributed by atoms with Crippen LogP contribution in [0.4, 0.5) is 8.78 Å². The summed E-state index contributed by atoms with van der Waals surface area (Å²) in [6.07, 6.45) is 4.52. The molecule has 0 spiro atoms. The highest BCUT2D eigenvalue weighted by Crippen LogP contribution is 2.30. The summed E-state index contributed by atoms with van der Waals surface area (Å²) in [4.78, 5) is 4.12. The molecule has 2 radical (unpaired) electrons. The number of amidine groups is 2. The Bertz CT molecular complexity index is 873. The molecule has 1 aliphatic heterocycles. The molecule has 2 aromatic rings. The second kappa shape index (κ2) is 6.09. The first-order valence-electron chi connectivity index (χ1n) is 6.73. The lowest BCUT2D eigenvalue weighted by Crippen LogP contribution is -2.92. The lowest BCUT2D eigenvalue weighted by Gasteiger charge is -2.13. The summed E-state index contributed by atoms with van der Waals surface area (Å²) >= 11 is 2.19. The summed E-state index contributed by atoms with van der Waals surface area (Å²) in [7, 11) is 0. The summed E-state index contributed by atoms with van der Waals surface area (Å²) in [5.41, 5.74) is 0.496. The Morgan fingerprint density at radius 2 is 2.09 bits per heavy atom. The molecule has 0 saturated carbocycles. The molecular weight excluding hydrogens is 315 g/mol. The second-order valence-electron chi connectivity index (χ2n) is 4.93. The predicted molar refractivity (Wildman–Crippen MR) is 85.1 cm³/mol. The minimum atomic E-state index is -3.25. The van der Waals surface area contributed by atoms with E-state index in [0.717, 1.165) is 0 Å². The zero-order valence-electron chi connectivity index (χ0n) is 11.9. The maximum absolute atomic E-state index is 14.6. The van der Waals surface area contributed by atoms with Gasteiger partial charge in [0.05, 0.1) is 5.52 Å². The van der Waals surface area contributed by atoms with Gasteiger partial charge in [0.2, 0.25) is 22.1 Å². The van der Waals surface area contributed by atoms with Crippen LogP contribution in [-0.4, -0.2) is 37.5 Å². The summed E-state index contributed by atoms with van der Waals surface area (Å²) in [5.74, 6) is -3.39. The van der Waals surface area contributed by atoms with Crippen LogP contribution in [0.25, 0.3) is 10.9 Å². The molecule has 3 rings (SSSR count). The molecule has 8 heteroatoms. The maximum atomic E-state index is 14.6. The van der Waals surface area contributed by atoms with Crippen molar-refractivity contribution in [2.45, 2.75) is 5.92 Å². The first-order chi connectivity index (χ1) is 11.0. The van der Waals surface area contributed by atoms with Crippen LogP contribution in [0.1, 0.15) is 5.56 Å². The van der Waals surface area contributed by atoms with Gasteiger partial charge in [0, 0.05) is 23.2 Å². The van der Waals surface area contributed by atoms with Crippen molar-refractivity contribution >= 4 is 43.4 Å². The lowest BCUT2D eigenvalue weighted by atomic mass is 10.0. The normalized spacial score (nSPS) is 15.0. The lowest BCUT2D eigenvalue weighted by molar-refractivity contribution is -0.417. The first-order valence-corrected chi connectivity index (χ1v) is 7.30. The van der Waals surface area contributed by atoms with Crippen molar-refractivity contribution in [1.82, 2.24) is 4.98 Å². The number of halogens is 2. The average molecular weight is 326 g/mol. The summed E-state index contributed by atoms with van der Waals surface area (Å²) in [6, 6.07) is 7.75. The van der Waals surface area contributed by atoms with Gasteiger partial charge in [0.25, 0.3) is 0 Å². The highest BCUT2D eigenvalue weighted by atomic mass is 27.0. The Hall–Kier alpha value is -2.27. The molecule has 3 N–H and O–H groups in total. The van der Waals surface area contributed by atoms with E-state index in [0.29, 0.717) is 10.9 Å². The minimum absolute atomic E-state index is 0.160. The number of hydrogen-bond donors (Lipinski definition) is 2. The van der Waals surface area contributed by atoms with E-state index in [2.05, 4.69) is 31.5 Å². The summed E-state index contributed by atoms with van der Waals surface area (Å²) < 4.78 is 29.5. The fourth-order valence-corrected chi connectivity index (χ4v) is 2.23. The molecule has 1 aromatic heterocycles. The van der Waals surface area contributed by atoms with E-state index < -0.39 is 11.8 Å². The molecule has 0 bridgehead atoms. The molecule has 0 amide bonds. The number of hydrogen-bond acceptors (Lipinski definition) is 4. The van der Waals surface area contributed by atoms with Crippen molar-refractivity contribution < 1.29 is 14.1 Å². The van der Waals surface area contributed by atoms with Crippen molar-refractivity contribution in [3.05, 3.63) is 54.2 Å². The Labute approximate surface area is 138 Å². The molecular formula is C15H11AlF2N5+. The Morgan fingerprint density at radius 3 is 2.87 bits per heavy atom. The van der Waals surface area contributed by atoms with E-state index in [-0.39, 0.29) is 16.0 Å². The maximum Gasteiger partial charge on any atom is 0.365 e. The second-order valence-corrected chi connectivity index (χ2v) is 5.55. The van der Waals surface area contributed by atoms with Gasteiger partial charge in [-0.25, -0.2) is 5.32 Å². The van der Waals surface area contributed by atoms with E-state index in [1.165, 1.54) is 29.6 Å². The molecule has 1 aliphatic rings. The summed E-state index contributed by atoms with van der Waals surface area (Å²) in [6.45, 7) is 0. The van der Waals surface area contributed by atoms with Crippen LogP contribution in [-0.2, 0) is 5.92 Å². The highest BCUT2D eigenvalue weighted by Gasteiger charge is 2.45. The Morgan fingerprint density at radius 1 is 1.26 bits per heavy atom. The molecule has 2 heterocycles. The SMILES string of the molecule is N=[C]([Al])C=CC1=NN=C(C(F)(F)c2ccc3ncccc3c2)[NH2+]1. The van der Waals surface area contributed by atoms with Crippen LogP contribution in [0.2, 0.25) is 0 Å². The number of quaternary nitrogens is 1. The van der Waals surface area contributed by atoms with Gasteiger partial charge in [-0.2, -0.15) is 8.78 Å². The van der Waals surface area contributed by atoms with Crippen LogP contribution in [0.15, 0.2) is 58.9 Å². The third kappa shape index (κ3) is 3.24. The molecule has 0 atom stereocenters. The van der Waals surface area contributed by atoms with Crippen LogP contribution in [0.5, 0.6) is 0 Å². The van der Waals surface area contributed by atoms with Gasteiger partial charge in [0.15, 0.2) is 0 Å². The standard InChI is InChI=1S/C15H10F2N5.Al/c16-15(17,14-20-13(21-22-14)4-1-7-18)11-5-6-12-10(9-11)3-2-8-19-12;/h1-6,8-9,18H,(H,20,21,22);/p+1. The van der Waals surface area contributed by atoms with Crippen molar-refractivity contribution in [2.75, 3.05) is 0 Å². The molecule has 1 aromatic carbocycles. The number of pyridine rings is 1. The van der Waals surface area contributed by atoms with E-state index >= 15 is 0 Å². The molecule has 0 saturated heterocycles. The third-order valence-corrected chi connectivity index (χ3v) is 3.47. The number of nitrogens with one attached hydrogen (secondary N) is 1. The Kier molecular flexibility index (Phi) is 4.13. The molecule has 0 aliphatic carbocycles. The smallest absolute Gasteiger partial charge is 0.326 e. The zero-order chi connectivity index (χ0) is 16.4. The molecule has 5 nitrogen and oxygen atoms in total. The van der Waals surface area contributed by atoms with Crippen molar-refractivity contribution in [3.63, 3.8) is 0 Å². The van der Waals surface area contributed by atoms with E-state index in [1.807, 2.05) is 0 Å². The van der Waals surface area contributed by atoms with Gasteiger partial charge in [0.1, 0.15) is 0 Å². The number of nitrogens with two attached hydrogens (primary N) is 1. The predicted octanol–water partition coefficient (Wildman–Crippen LogP) is 1.32. The molecule has 112 valence electrons. The number of alkyl halides is 2. The topological polar surface area (TPSA) is 78.1 Å². The van der Waals surface area contributed by atoms with Crippen LogP contribution < -0.4 is 5.32 Å². The molecule has 0 fully saturated rings. The van der Waals surface area contributed by atoms with Crippen LogP contribution >= 0.6 is 0 Å². The highest BCUT2D eigenvalue weighted by molar-refractivity contribution is 6.62. The van der Waals surface area contributed by atoms with E-state index in [1.54, 1.807) is 24.4 Å². The number of aromatic nitrogens is 1. The monoisotopic (exact) mass is 326 g/mol. The molecule has 0 unspecified atom stereocenters. The van der Waals surface area contributed by atoms with Crippen LogP contribution in [0.3, 0.4) is 0 Å². The van der Waals surface area contributed by atoms with Gasteiger partial charge in [-0.15, -0.1) is 0 Å². The number of benzene rings is 1. The number of nitrogens with zero attached hydrogens (tertiary/aromatic N) is 3. The van der Waals surface area contributed by atoms with E-state index in [9.17, 15) is 8.78 Å². The minimum Gasteiger partial charge on any atom is -0.326 e. The van der Waals surface area contributed by atoms with Crippen molar-refractivity contribution in [2.24, 2.45) is 10.2 Å². The Balaban J connectivity index is 1.85. The van der Waals surface area contributed by atoms with Gasteiger partial charge in [-0.1, -0.05) is 33.0 Å². The quantitative estimate of drug-likeness (QED) is 0.645.